The molecule has 0 saturated heterocycles. The van der Waals surface area contributed by atoms with Crippen molar-refractivity contribution in [2.24, 2.45) is 40.2 Å². The molecule has 3 N–H and O–H groups in total. The molecule has 4 aliphatic rings. The molecular weight excluding hydrogens is 354 g/mol. The van der Waals surface area contributed by atoms with Crippen LogP contribution in [0.4, 0.5) is 0 Å². The molecule has 0 aliphatic heterocycles. The number of ketones is 1. The van der Waals surface area contributed by atoms with E-state index in [0.717, 1.165) is 63.7 Å². The van der Waals surface area contributed by atoms with Crippen molar-refractivity contribution in [2.45, 2.75) is 89.4 Å². The van der Waals surface area contributed by atoms with Crippen LogP contribution in [0.2, 0.25) is 0 Å². The molecule has 0 aromatic carbocycles. The Hall–Kier alpha value is -0.0600. The predicted molar refractivity (Wildman–Crippen MR) is 113 cm³/mol. The molecule has 0 heterocycles. The summed E-state index contributed by atoms with van der Waals surface area (Å²) < 4.78 is 0. The van der Waals surface area contributed by atoms with Crippen molar-refractivity contribution in [1.29, 1.82) is 0 Å². The Morgan fingerprint density at radius 1 is 1.15 bits per heavy atom. The second-order valence-electron chi connectivity index (χ2n) is 10.7. The molecule has 4 saturated carbocycles. The highest BCUT2D eigenvalue weighted by atomic mass is 32.2. The summed E-state index contributed by atoms with van der Waals surface area (Å²) in [5.41, 5.74) is 5.10. The van der Waals surface area contributed by atoms with Gasteiger partial charge in [0.05, 0.1) is 5.60 Å². The minimum Gasteiger partial charge on any atom is -0.389 e. The van der Waals surface area contributed by atoms with Crippen LogP contribution in [-0.4, -0.2) is 34.0 Å². The molecule has 0 radical (unpaired) electrons. The summed E-state index contributed by atoms with van der Waals surface area (Å²) in [5, 5.41) is 12.5. The van der Waals surface area contributed by atoms with Gasteiger partial charge in [0.25, 0.3) is 0 Å². The molecule has 0 aromatic rings. The van der Waals surface area contributed by atoms with Crippen LogP contribution in [0.15, 0.2) is 0 Å². The van der Waals surface area contributed by atoms with Crippen molar-refractivity contribution in [3.05, 3.63) is 0 Å². The van der Waals surface area contributed by atoms with Gasteiger partial charge in [0.1, 0.15) is 5.78 Å². The van der Waals surface area contributed by atoms with Gasteiger partial charge in [-0.3, -0.25) is 4.79 Å². The maximum absolute atomic E-state index is 12.6. The summed E-state index contributed by atoms with van der Waals surface area (Å²) in [7, 11) is 0. The lowest BCUT2D eigenvalue weighted by atomic mass is 9.42. The van der Waals surface area contributed by atoms with Gasteiger partial charge in [-0.25, -0.2) is 0 Å². The Morgan fingerprint density at radius 3 is 2.67 bits per heavy atom. The van der Waals surface area contributed by atoms with Crippen LogP contribution in [0.1, 0.15) is 78.6 Å². The van der Waals surface area contributed by atoms with Crippen LogP contribution < -0.4 is 5.73 Å². The topological polar surface area (TPSA) is 63.3 Å². The standard InChI is InChI=1S/C23H39NO2S/c1-15-13-23(26)14-16(27-12-4-11-24)7-10-22(23,3)18-8-9-21(2)17(20(15)18)5-6-19(21)25/h15-18,20,26H,4-14,24H2,1-3H3/t15-,16-,17+,18+,20+,21+,22-,23-/m1/s1. The lowest BCUT2D eigenvalue weighted by Gasteiger charge is -2.65. The third kappa shape index (κ3) is 2.95. The minimum atomic E-state index is -0.525. The largest absolute Gasteiger partial charge is 0.389 e. The van der Waals surface area contributed by atoms with Crippen LogP contribution >= 0.6 is 11.8 Å². The molecule has 0 bridgehead atoms. The average Bonchev–Trinajstić information content (AvgIpc) is 2.92. The minimum absolute atomic E-state index is 0.0298. The number of thioether (sulfide) groups is 1. The highest BCUT2D eigenvalue weighted by Gasteiger charge is 2.66. The third-order valence-electron chi connectivity index (χ3n) is 9.49. The van der Waals surface area contributed by atoms with Crippen LogP contribution in [0.3, 0.4) is 0 Å². The zero-order valence-corrected chi connectivity index (χ0v) is 18.3. The van der Waals surface area contributed by atoms with Crippen LogP contribution in [0, 0.1) is 34.5 Å². The molecule has 4 rings (SSSR count). The summed E-state index contributed by atoms with van der Waals surface area (Å²) in [4.78, 5) is 12.6. The summed E-state index contributed by atoms with van der Waals surface area (Å²) in [6.07, 6.45) is 9.40. The lowest BCUT2D eigenvalue weighted by molar-refractivity contribution is -0.217. The zero-order valence-electron chi connectivity index (χ0n) is 17.5. The van der Waals surface area contributed by atoms with Gasteiger partial charge in [-0.1, -0.05) is 20.8 Å². The molecule has 0 spiro atoms. The first-order chi connectivity index (χ1) is 12.7. The molecule has 0 amide bonds. The number of nitrogens with two attached hydrogens (primary N) is 1. The number of hydrogen-bond acceptors (Lipinski definition) is 4. The quantitative estimate of drug-likeness (QED) is 0.695. The molecule has 0 aromatic heterocycles. The van der Waals surface area contributed by atoms with Crippen molar-refractivity contribution < 1.29 is 9.90 Å². The summed E-state index contributed by atoms with van der Waals surface area (Å²) in [6.45, 7) is 7.79. The van der Waals surface area contributed by atoms with E-state index < -0.39 is 5.60 Å². The molecular formula is C23H39NO2S. The number of carbonyl (C=O) groups is 1. The smallest absolute Gasteiger partial charge is 0.139 e. The van der Waals surface area contributed by atoms with E-state index in [1.54, 1.807) is 0 Å². The van der Waals surface area contributed by atoms with E-state index in [-0.39, 0.29) is 10.8 Å². The van der Waals surface area contributed by atoms with Crippen molar-refractivity contribution >= 4 is 17.5 Å². The number of aliphatic hydroxyl groups is 1. The Kier molecular flexibility index (Phi) is 5.26. The van der Waals surface area contributed by atoms with E-state index in [1.165, 1.54) is 6.42 Å². The number of fused-ring (bicyclic) bond motifs is 5. The number of hydrogen-bond donors (Lipinski definition) is 2. The maximum atomic E-state index is 12.6. The molecule has 154 valence electrons. The van der Waals surface area contributed by atoms with Gasteiger partial charge in [-0.15, -0.1) is 0 Å². The van der Waals surface area contributed by atoms with Crippen molar-refractivity contribution in [1.82, 2.24) is 0 Å². The SMILES string of the molecule is C[C@@H]1C[C@@]2(O)C[C@H](SCCCN)CC[C@]2(C)[C@H]2CC[C@]3(C)C(=O)CC[C@H]3[C@H]12. The van der Waals surface area contributed by atoms with E-state index >= 15 is 0 Å². The molecule has 4 fully saturated rings. The van der Waals surface area contributed by atoms with Crippen molar-refractivity contribution in [3.8, 4) is 0 Å². The first-order valence-electron chi connectivity index (χ1n) is 11.3. The Morgan fingerprint density at radius 2 is 1.93 bits per heavy atom. The van der Waals surface area contributed by atoms with E-state index in [4.69, 9.17) is 5.73 Å². The van der Waals surface area contributed by atoms with Crippen LogP contribution in [0.5, 0.6) is 0 Å². The zero-order chi connectivity index (χ0) is 19.4. The molecule has 8 atom stereocenters. The number of rotatable bonds is 4. The molecule has 4 aliphatic carbocycles. The summed E-state index contributed by atoms with van der Waals surface area (Å²) in [6, 6.07) is 0. The molecule has 3 nitrogen and oxygen atoms in total. The molecule has 27 heavy (non-hydrogen) atoms. The monoisotopic (exact) mass is 393 g/mol. The van der Waals surface area contributed by atoms with Crippen LogP contribution in [-0.2, 0) is 4.79 Å². The summed E-state index contributed by atoms with van der Waals surface area (Å²) in [5.74, 6) is 3.93. The van der Waals surface area contributed by atoms with Gasteiger partial charge >= 0.3 is 0 Å². The van der Waals surface area contributed by atoms with Gasteiger partial charge in [0.15, 0.2) is 0 Å². The Labute approximate surface area is 169 Å². The van der Waals surface area contributed by atoms with Gasteiger partial charge in [-0.2, -0.15) is 11.8 Å². The van der Waals surface area contributed by atoms with E-state index in [0.29, 0.717) is 34.7 Å². The normalized spacial score (nSPS) is 52.2. The van der Waals surface area contributed by atoms with Gasteiger partial charge < -0.3 is 10.8 Å². The third-order valence-corrected chi connectivity index (χ3v) is 10.9. The average molecular weight is 394 g/mol. The van der Waals surface area contributed by atoms with Crippen molar-refractivity contribution in [3.63, 3.8) is 0 Å². The second-order valence-corrected chi connectivity index (χ2v) is 12.1. The van der Waals surface area contributed by atoms with E-state index in [1.807, 2.05) is 11.8 Å². The predicted octanol–water partition coefficient (Wildman–Crippen LogP) is 4.41. The van der Waals surface area contributed by atoms with Crippen LogP contribution in [0.25, 0.3) is 0 Å². The fourth-order valence-corrected chi connectivity index (χ4v) is 9.25. The van der Waals surface area contributed by atoms with Gasteiger partial charge in [0.2, 0.25) is 0 Å². The lowest BCUT2D eigenvalue weighted by Crippen LogP contribution is -2.64. The van der Waals surface area contributed by atoms with Gasteiger partial charge in [0, 0.05) is 17.1 Å². The fourth-order valence-electron chi connectivity index (χ4n) is 7.90. The highest BCUT2D eigenvalue weighted by molar-refractivity contribution is 7.99. The number of carbonyl (C=O) groups excluding carboxylic acids is 1. The maximum Gasteiger partial charge on any atom is 0.139 e. The van der Waals surface area contributed by atoms with Gasteiger partial charge in [-0.05, 0) is 92.8 Å². The van der Waals surface area contributed by atoms with Crippen molar-refractivity contribution in [2.75, 3.05) is 12.3 Å². The summed E-state index contributed by atoms with van der Waals surface area (Å²) >= 11 is 2.04. The Balaban J connectivity index is 1.57. The Bertz CT molecular complexity index is 597. The van der Waals surface area contributed by atoms with E-state index in [9.17, 15) is 9.90 Å². The molecule has 4 heteroatoms. The first-order valence-corrected chi connectivity index (χ1v) is 12.4. The number of Topliss-reactive ketones (excluding diaryl/α,β-unsaturated/α-hetero) is 1. The fraction of sp³-hybridized carbons (Fsp3) is 0.957. The highest BCUT2D eigenvalue weighted by Crippen LogP contribution is 2.68. The first kappa shape index (κ1) is 20.2. The van der Waals surface area contributed by atoms with E-state index in [2.05, 4.69) is 20.8 Å². The molecule has 0 unspecified atom stereocenters. The second kappa shape index (κ2) is 7.02.